The average molecular weight is 207 g/mol. The van der Waals surface area contributed by atoms with Crippen molar-refractivity contribution in [2.24, 2.45) is 4.99 Å². The summed E-state index contributed by atoms with van der Waals surface area (Å²) in [5, 5.41) is 3.89. The molecule has 1 radical (unpaired) electrons. The molecule has 0 aromatic heterocycles. The third kappa shape index (κ3) is 1.46. The van der Waals surface area contributed by atoms with Crippen LogP contribution in [0.2, 0.25) is 0 Å². The van der Waals surface area contributed by atoms with Crippen molar-refractivity contribution in [2.75, 3.05) is 6.67 Å². The molecule has 0 N–H and O–H groups in total. The number of nitrogens with zero attached hydrogens (tertiary/aromatic N) is 2. The summed E-state index contributed by atoms with van der Waals surface area (Å²) in [6.45, 7) is 0.604. The quantitative estimate of drug-likeness (QED) is 0.528. The Morgan fingerprint density at radius 2 is 2.57 bits per heavy atom. The van der Waals surface area contributed by atoms with Gasteiger partial charge in [-0.15, -0.1) is 0 Å². The van der Waals surface area contributed by atoms with Gasteiger partial charge in [-0.25, -0.2) is 0 Å². The van der Waals surface area contributed by atoms with Gasteiger partial charge in [-0.2, -0.15) is 0 Å². The highest BCUT2D eigenvalue weighted by Crippen LogP contribution is 2.02. The zero-order chi connectivity index (χ0) is 5.11. The predicted octanol–water partition coefficient (Wildman–Crippen LogP) is 0.909. The van der Waals surface area contributed by atoms with Gasteiger partial charge in [0.25, 0.3) is 0 Å². The van der Waals surface area contributed by atoms with Gasteiger partial charge in [-0.05, 0) is 22.6 Å². The molecule has 0 aliphatic carbocycles. The van der Waals surface area contributed by atoms with Crippen molar-refractivity contribution in [3.63, 3.8) is 0 Å². The van der Waals surface area contributed by atoms with Crippen LogP contribution >= 0.6 is 22.6 Å². The van der Waals surface area contributed by atoms with Crippen LogP contribution in [0.1, 0.15) is 0 Å². The van der Waals surface area contributed by atoms with E-state index < -0.39 is 0 Å². The molecule has 37 valence electrons. The SMILES string of the molecule is IC1=C[N]CN=C1. The molecule has 7 heavy (non-hydrogen) atoms. The number of rotatable bonds is 0. The van der Waals surface area contributed by atoms with E-state index in [-0.39, 0.29) is 0 Å². The van der Waals surface area contributed by atoms with Gasteiger partial charge in [-0.3, -0.25) is 10.3 Å². The molecule has 0 bridgehead atoms. The van der Waals surface area contributed by atoms with Gasteiger partial charge < -0.3 is 0 Å². The summed E-state index contributed by atoms with van der Waals surface area (Å²) in [4.78, 5) is 3.89. The van der Waals surface area contributed by atoms with Crippen molar-refractivity contribution < 1.29 is 0 Å². The van der Waals surface area contributed by atoms with Crippen LogP contribution in [0.25, 0.3) is 0 Å². The number of hydrogen-bond donors (Lipinski definition) is 0. The maximum absolute atomic E-state index is 3.89. The zero-order valence-electron chi connectivity index (χ0n) is 3.63. The Morgan fingerprint density at radius 3 is 2.86 bits per heavy atom. The lowest BCUT2D eigenvalue weighted by atomic mass is 10.6. The van der Waals surface area contributed by atoms with Crippen LogP contribution in [-0.2, 0) is 0 Å². The first-order chi connectivity index (χ1) is 3.39. The average Bonchev–Trinajstić information content (AvgIpc) is 1.69. The summed E-state index contributed by atoms with van der Waals surface area (Å²) in [5.74, 6) is 0. The molecule has 1 aliphatic heterocycles. The van der Waals surface area contributed by atoms with Crippen LogP contribution in [0.5, 0.6) is 0 Å². The van der Waals surface area contributed by atoms with E-state index in [4.69, 9.17) is 0 Å². The minimum absolute atomic E-state index is 0.604. The summed E-state index contributed by atoms with van der Waals surface area (Å²) in [5.41, 5.74) is 0. The first-order valence-electron chi connectivity index (χ1n) is 1.92. The Balaban J connectivity index is 2.58. The molecule has 3 heteroatoms. The Kier molecular flexibility index (Phi) is 1.67. The van der Waals surface area contributed by atoms with E-state index in [0.29, 0.717) is 6.67 Å². The Bertz CT molecular complexity index is 117. The highest BCUT2D eigenvalue weighted by atomic mass is 127. The van der Waals surface area contributed by atoms with Crippen LogP contribution in [0.3, 0.4) is 0 Å². The fourth-order valence-corrected chi connectivity index (χ4v) is 0.730. The van der Waals surface area contributed by atoms with Crippen molar-refractivity contribution in [1.29, 1.82) is 0 Å². The third-order valence-electron chi connectivity index (χ3n) is 0.593. The van der Waals surface area contributed by atoms with Gasteiger partial charge >= 0.3 is 0 Å². The summed E-state index contributed by atoms with van der Waals surface area (Å²) >= 11 is 2.17. The number of halogens is 1. The highest BCUT2D eigenvalue weighted by molar-refractivity contribution is 14.1. The van der Waals surface area contributed by atoms with E-state index in [1.54, 1.807) is 0 Å². The molecule has 0 saturated heterocycles. The van der Waals surface area contributed by atoms with Crippen LogP contribution in [0.4, 0.5) is 0 Å². The number of hydrogen-bond acceptors (Lipinski definition) is 1. The largest absolute Gasteiger partial charge is 0.269 e. The standard InChI is InChI=1S/C4H4IN2/c5-4-1-6-3-7-2-4/h1-2H,3H2. The summed E-state index contributed by atoms with van der Waals surface area (Å²) in [6, 6.07) is 0. The van der Waals surface area contributed by atoms with Gasteiger partial charge in [0.2, 0.25) is 0 Å². The van der Waals surface area contributed by atoms with Crippen LogP contribution in [0, 0.1) is 0 Å². The lowest BCUT2D eigenvalue weighted by molar-refractivity contribution is 0.862. The zero-order valence-corrected chi connectivity index (χ0v) is 5.79. The fourth-order valence-electron chi connectivity index (χ4n) is 0.337. The van der Waals surface area contributed by atoms with Crippen LogP contribution in [0.15, 0.2) is 14.8 Å². The monoisotopic (exact) mass is 207 g/mol. The normalized spacial score (nSPS) is 18.1. The smallest absolute Gasteiger partial charge is 0.129 e. The van der Waals surface area contributed by atoms with Crippen molar-refractivity contribution in [3.8, 4) is 0 Å². The Labute approximate surface area is 55.8 Å². The minimum Gasteiger partial charge on any atom is -0.269 e. The highest BCUT2D eigenvalue weighted by Gasteiger charge is 1.88. The molecule has 0 fully saturated rings. The molecule has 0 unspecified atom stereocenters. The first-order valence-corrected chi connectivity index (χ1v) is 2.99. The molecule has 0 saturated carbocycles. The minimum atomic E-state index is 0.604. The summed E-state index contributed by atoms with van der Waals surface area (Å²) in [7, 11) is 0. The maximum Gasteiger partial charge on any atom is 0.129 e. The number of allylic oxidation sites excluding steroid dienone is 1. The van der Waals surface area contributed by atoms with Gasteiger partial charge in [0.15, 0.2) is 0 Å². The predicted molar refractivity (Wildman–Crippen MR) is 37.6 cm³/mol. The fraction of sp³-hybridized carbons (Fsp3) is 0.250. The van der Waals surface area contributed by atoms with E-state index in [1.165, 1.54) is 0 Å². The molecular formula is C4H4IN2. The van der Waals surface area contributed by atoms with Gasteiger partial charge in [0.05, 0.1) is 0 Å². The molecule has 1 aliphatic rings. The lowest BCUT2D eigenvalue weighted by Gasteiger charge is -1.96. The lowest BCUT2D eigenvalue weighted by Crippen LogP contribution is -2.01. The summed E-state index contributed by atoms with van der Waals surface area (Å²) < 4.78 is 1.10. The molecule has 2 nitrogen and oxygen atoms in total. The second-order valence-electron chi connectivity index (χ2n) is 1.15. The number of aliphatic imine (C=N–C) groups is 1. The van der Waals surface area contributed by atoms with Crippen molar-refractivity contribution in [2.45, 2.75) is 0 Å². The van der Waals surface area contributed by atoms with Gasteiger partial charge in [-0.1, -0.05) is 0 Å². The first kappa shape index (κ1) is 5.08. The molecular weight excluding hydrogens is 203 g/mol. The Hall–Kier alpha value is -0.0600. The molecule has 0 spiro atoms. The van der Waals surface area contributed by atoms with Crippen molar-refractivity contribution in [3.05, 3.63) is 9.78 Å². The van der Waals surface area contributed by atoms with Crippen molar-refractivity contribution in [1.82, 2.24) is 5.32 Å². The molecule has 1 rings (SSSR count). The molecule has 0 atom stereocenters. The van der Waals surface area contributed by atoms with E-state index >= 15 is 0 Å². The Morgan fingerprint density at radius 1 is 1.71 bits per heavy atom. The van der Waals surface area contributed by atoms with E-state index in [1.807, 2.05) is 12.4 Å². The van der Waals surface area contributed by atoms with Gasteiger partial charge in [0.1, 0.15) is 6.67 Å². The summed E-state index contributed by atoms with van der Waals surface area (Å²) in [6.07, 6.45) is 3.63. The topological polar surface area (TPSA) is 26.5 Å². The van der Waals surface area contributed by atoms with Crippen LogP contribution < -0.4 is 5.32 Å². The van der Waals surface area contributed by atoms with E-state index in [2.05, 4.69) is 32.9 Å². The second kappa shape index (κ2) is 2.30. The van der Waals surface area contributed by atoms with Crippen LogP contribution in [-0.4, -0.2) is 12.9 Å². The second-order valence-corrected chi connectivity index (χ2v) is 2.40. The van der Waals surface area contributed by atoms with E-state index in [9.17, 15) is 0 Å². The third-order valence-corrected chi connectivity index (χ3v) is 1.15. The molecule has 1 heterocycles. The molecule has 0 aromatic rings. The molecule has 0 amide bonds. The van der Waals surface area contributed by atoms with Gasteiger partial charge in [0, 0.05) is 16.0 Å². The van der Waals surface area contributed by atoms with Crippen molar-refractivity contribution >= 4 is 28.8 Å². The van der Waals surface area contributed by atoms with E-state index in [0.717, 1.165) is 3.58 Å². The maximum atomic E-state index is 3.89. The molecule has 0 aromatic carbocycles.